The second kappa shape index (κ2) is 9.80. The van der Waals surface area contributed by atoms with Gasteiger partial charge in [-0.05, 0) is 49.8 Å². The van der Waals surface area contributed by atoms with Crippen molar-refractivity contribution < 1.29 is 19.1 Å². The summed E-state index contributed by atoms with van der Waals surface area (Å²) in [6.45, 7) is 5.57. The summed E-state index contributed by atoms with van der Waals surface area (Å²) >= 11 is 0. The average molecular weight is 422 g/mol. The fourth-order valence-electron chi connectivity index (χ4n) is 3.33. The van der Waals surface area contributed by atoms with Gasteiger partial charge in [-0.25, -0.2) is 9.69 Å². The molecule has 2 aromatic carbocycles. The molecule has 8 nitrogen and oxygen atoms in total. The number of nitrogens with zero attached hydrogens (tertiary/aromatic N) is 2. The topological polar surface area (TPSA) is 91.0 Å². The number of carbonyl (C=O) groups is 3. The number of benzene rings is 2. The number of hydrogen-bond donors (Lipinski definition) is 2. The Hall–Kier alpha value is -3.81. The number of methoxy groups -OCH3 is 1. The highest BCUT2D eigenvalue weighted by atomic mass is 16.5. The van der Waals surface area contributed by atoms with Crippen LogP contribution in [0.1, 0.15) is 19.4 Å². The van der Waals surface area contributed by atoms with Crippen LogP contribution in [0.2, 0.25) is 0 Å². The quantitative estimate of drug-likeness (QED) is 0.504. The molecule has 0 unspecified atom stereocenters. The fourth-order valence-corrected chi connectivity index (χ4v) is 3.33. The third-order valence-electron chi connectivity index (χ3n) is 4.98. The Morgan fingerprint density at radius 2 is 1.77 bits per heavy atom. The number of nitrogens with one attached hydrogen (secondary N) is 2. The standard InChI is InChI=1S/C23H26N4O4/c1-4-26(5-2)17-12-10-16(11-13-17)14-19-22(29)27(23(30)25-19)15-21(28)24-18-8-6-7-9-20(18)31-3/h6-14H,4-5,15H2,1-3H3,(H,24,28)(H,25,30)/b19-14+. The van der Waals surface area contributed by atoms with Crippen LogP contribution in [0, 0.1) is 0 Å². The molecule has 0 aliphatic carbocycles. The van der Waals surface area contributed by atoms with E-state index in [9.17, 15) is 14.4 Å². The highest BCUT2D eigenvalue weighted by Crippen LogP contribution is 2.23. The van der Waals surface area contributed by atoms with Crippen molar-refractivity contribution >= 4 is 35.3 Å². The molecule has 0 radical (unpaired) electrons. The van der Waals surface area contributed by atoms with Gasteiger partial charge in [-0.1, -0.05) is 24.3 Å². The van der Waals surface area contributed by atoms with Crippen molar-refractivity contribution in [3.63, 3.8) is 0 Å². The summed E-state index contributed by atoms with van der Waals surface area (Å²) in [5.41, 5.74) is 2.46. The normalized spacial score (nSPS) is 14.5. The lowest BCUT2D eigenvalue weighted by molar-refractivity contribution is -0.127. The van der Waals surface area contributed by atoms with Crippen molar-refractivity contribution in [1.29, 1.82) is 0 Å². The molecule has 0 atom stereocenters. The Kier molecular flexibility index (Phi) is 6.92. The summed E-state index contributed by atoms with van der Waals surface area (Å²) < 4.78 is 5.19. The fraction of sp³-hybridized carbons (Fsp3) is 0.261. The lowest BCUT2D eigenvalue weighted by Crippen LogP contribution is -2.38. The van der Waals surface area contributed by atoms with E-state index in [4.69, 9.17) is 4.74 Å². The Bertz CT molecular complexity index is 997. The van der Waals surface area contributed by atoms with Gasteiger partial charge in [0, 0.05) is 18.8 Å². The Balaban J connectivity index is 1.68. The van der Waals surface area contributed by atoms with E-state index in [1.54, 1.807) is 30.3 Å². The third-order valence-corrected chi connectivity index (χ3v) is 4.98. The van der Waals surface area contributed by atoms with Gasteiger partial charge in [0.25, 0.3) is 5.91 Å². The van der Waals surface area contributed by atoms with Gasteiger partial charge in [0.15, 0.2) is 0 Å². The molecule has 3 rings (SSSR count). The highest BCUT2D eigenvalue weighted by Gasteiger charge is 2.35. The number of para-hydroxylation sites is 2. The lowest BCUT2D eigenvalue weighted by Gasteiger charge is -2.20. The maximum atomic E-state index is 12.7. The van der Waals surface area contributed by atoms with E-state index in [0.717, 1.165) is 29.2 Å². The van der Waals surface area contributed by atoms with Gasteiger partial charge < -0.3 is 20.3 Å². The van der Waals surface area contributed by atoms with E-state index >= 15 is 0 Å². The maximum Gasteiger partial charge on any atom is 0.329 e. The van der Waals surface area contributed by atoms with Crippen molar-refractivity contribution in [2.45, 2.75) is 13.8 Å². The van der Waals surface area contributed by atoms with Crippen LogP contribution in [-0.4, -0.2) is 49.5 Å². The summed E-state index contributed by atoms with van der Waals surface area (Å²) in [7, 11) is 1.49. The summed E-state index contributed by atoms with van der Waals surface area (Å²) in [6, 6.07) is 14.0. The summed E-state index contributed by atoms with van der Waals surface area (Å²) in [6.07, 6.45) is 1.60. The summed E-state index contributed by atoms with van der Waals surface area (Å²) in [4.78, 5) is 40.4. The molecule has 1 saturated heterocycles. The summed E-state index contributed by atoms with van der Waals surface area (Å²) in [5, 5.41) is 5.20. The van der Waals surface area contributed by atoms with Crippen LogP contribution < -0.4 is 20.3 Å². The van der Waals surface area contributed by atoms with Gasteiger partial charge in [-0.15, -0.1) is 0 Å². The number of ether oxygens (including phenoxy) is 1. The van der Waals surface area contributed by atoms with Gasteiger partial charge in [0.2, 0.25) is 5.91 Å². The number of anilines is 2. The van der Waals surface area contributed by atoms with Gasteiger partial charge >= 0.3 is 6.03 Å². The van der Waals surface area contributed by atoms with Crippen LogP contribution in [0.4, 0.5) is 16.2 Å². The predicted molar refractivity (Wildman–Crippen MR) is 120 cm³/mol. The Morgan fingerprint density at radius 1 is 1.10 bits per heavy atom. The van der Waals surface area contributed by atoms with Crippen LogP contribution >= 0.6 is 0 Å². The first-order valence-electron chi connectivity index (χ1n) is 10.1. The smallest absolute Gasteiger partial charge is 0.329 e. The van der Waals surface area contributed by atoms with E-state index in [-0.39, 0.29) is 5.70 Å². The van der Waals surface area contributed by atoms with Crippen molar-refractivity contribution in [2.75, 3.05) is 37.0 Å². The van der Waals surface area contributed by atoms with Crippen LogP contribution in [0.3, 0.4) is 0 Å². The molecular formula is C23H26N4O4. The minimum Gasteiger partial charge on any atom is -0.495 e. The molecule has 8 heteroatoms. The Labute approximate surface area is 181 Å². The van der Waals surface area contributed by atoms with E-state index in [1.807, 2.05) is 24.3 Å². The first-order chi connectivity index (χ1) is 15.0. The zero-order valence-corrected chi connectivity index (χ0v) is 17.8. The first-order valence-corrected chi connectivity index (χ1v) is 10.1. The molecule has 0 aromatic heterocycles. The third kappa shape index (κ3) is 5.03. The van der Waals surface area contributed by atoms with Gasteiger partial charge in [-0.3, -0.25) is 9.59 Å². The molecule has 4 amide bonds. The molecule has 162 valence electrons. The van der Waals surface area contributed by atoms with Crippen molar-refractivity contribution in [1.82, 2.24) is 10.2 Å². The largest absolute Gasteiger partial charge is 0.495 e. The van der Waals surface area contributed by atoms with E-state index in [2.05, 4.69) is 29.4 Å². The van der Waals surface area contributed by atoms with E-state index in [0.29, 0.717) is 11.4 Å². The molecule has 31 heavy (non-hydrogen) atoms. The molecular weight excluding hydrogens is 396 g/mol. The second-order valence-electron chi connectivity index (χ2n) is 6.89. The van der Waals surface area contributed by atoms with Crippen molar-refractivity contribution in [2.24, 2.45) is 0 Å². The minimum atomic E-state index is -0.633. The number of rotatable bonds is 8. The maximum absolute atomic E-state index is 12.7. The predicted octanol–water partition coefficient (Wildman–Crippen LogP) is 3.07. The van der Waals surface area contributed by atoms with E-state index in [1.165, 1.54) is 7.11 Å². The molecule has 0 saturated carbocycles. The average Bonchev–Trinajstić information content (AvgIpc) is 3.03. The molecule has 1 aliphatic heterocycles. The van der Waals surface area contributed by atoms with Crippen LogP contribution in [0.25, 0.3) is 6.08 Å². The Morgan fingerprint density at radius 3 is 2.42 bits per heavy atom. The zero-order chi connectivity index (χ0) is 22.4. The van der Waals surface area contributed by atoms with Crippen LogP contribution in [0.15, 0.2) is 54.2 Å². The van der Waals surface area contributed by atoms with Crippen LogP contribution in [-0.2, 0) is 9.59 Å². The van der Waals surface area contributed by atoms with Gasteiger partial charge in [0.05, 0.1) is 12.8 Å². The van der Waals surface area contributed by atoms with Gasteiger partial charge in [0.1, 0.15) is 18.0 Å². The molecule has 0 bridgehead atoms. The molecule has 2 aromatic rings. The zero-order valence-electron chi connectivity index (χ0n) is 17.8. The first kappa shape index (κ1) is 21.9. The summed E-state index contributed by atoms with van der Waals surface area (Å²) in [5.74, 6) is -0.562. The number of amides is 4. The minimum absolute atomic E-state index is 0.130. The van der Waals surface area contributed by atoms with Crippen molar-refractivity contribution in [3.8, 4) is 5.75 Å². The number of hydrogen-bond acceptors (Lipinski definition) is 5. The molecule has 1 aliphatic rings. The molecule has 1 fully saturated rings. The number of imide groups is 1. The lowest BCUT2D eigenvalue weighted by atomic mass is 10.1. The van der Waals surface area contributed by atoms with Crippen LogP contribution in [0.5, 0.6) is 5.75 Å². The molecule has 0 spiro atoms. The number of urea groups is 1. The van der Waals surface area contributed by atoms with Gasteiger partial charge in [-0.2, -0.15) is 0 Å². The monoisotopic (exact) mass is 422 g/mol. The highest BCUT2D eigenvalue weighted by molar-refractivity contribution is 6.16. The van der Waals surface area contributed by atoms with E-state index < -0.39 is 24.4 Å². The second-order valence-corrected chi connectivity index (χ2v) is 6.89. The SMILES string of the molecule is CCN(CC)c1ccc(/C=C2/NC(=O)N(CC(=O)Nc3ccccc3OC)C2=O)cc1. The molecule has 2 N–H and O–H groups in total. The molecule has 1 heterocycles. The van der Waals surface area contributed by atoms with Crippen molar-refractivity contribution in [3.05, 3.63) is 59.8 Å². The number of carbonyl (C=O) groups excluding carboxylic acids is 3.